The number of ketones is 1. The number of benzene rings is 1. The highest BCUT2D eigenvalue weighted by Gasteiger charge is 2.05. The monoisotopic (exact) mass is 333 g/mol. The van der Waals surface area contributed by atoms with E-state index in [1.165, 1.54) is 38.0 Å². The topological polar surface area (TPSA) is 94.6 Å². The summed E-state index contributed by atoms with van der Waals surface area (Å²) in [6.07, 6.45) is 2.69. The van der Waals surface area contributed by atoms with E-state index in [4.69, 9.17) is 0 Å². The van der Waals surface area contributed by atoms with Gasteiger partial charge < -0.3 is 10.2 Å². The normalized spacial score (nSPS) is 13.6. The van der Waals surface area contributed by atoms with Crippen molar-refractivity contribution in [3.8, 4) is 5.75 Å². The number of aromatic hydroxyl groups is 1. The van der Waals surface area contributed by atoms with Crippen LogP contribution in [-0.2, 0) is 4.79 Å². The number of amidine groups is 1. The molecule has 7 heteroatoms. The molecule has 0 saturated carbocycles. The Bertz CT molecular complexity index is 675. The van der Waals surface area contributed by atoms with E-state index in [9.17, 15) is 15.0 Å². The molecule has 122 valence electrons. The average molecular weight is 333 g/mol. The molecule has 0 bridgehead atoms. The zero-order valence-corrected chi connectivity index (χ0v) is 14.0. The lowest BCUT2D eigenvalue weighted by molar-refractivity contribution is -0.113. The first-order valence-corrected chi connectivity index (χ1v) is 7.91. The number of rotatable bonds is 5. The Labute approximate surface area is 139 Å². The number of thioether (sulfide) groups is 1. The number of allylic oxidation sites excluding steroid dienone is 2. The highest BCUT2D eigenvalue weighted by atomic mass is 32.2. The number of aliphatic imine (C=N–C) groups is 1. The third-order valence-electron chi connectivity index (χ3n) is 2.62. The van der Waals surface area contributed by atoms with Crippen molar-refractivity contribution in [1.82, 2.24) is 0 Å². The molecule has 0 atom stereocenters. The van der Waals surface area contributed by atoms with Crippen LogP contribution in [0.25, 0.3) is 0 Å². The lowest BCUT2D eigenvalue weighted by Crippen LogP contribution is -2.03. The zero-order chi connectivity index (χ0) is 17.2. The second kappa shape index (κ2) is 9.58. The smallest absolute Gasteiger partial charge is 0.208 e. The summed E-state index contributed by atoms with van der Waals surface area (Å²) in [5.74, 6) is 0.448. The first-order valence-electron chi connectivity index (χ1n) is 6.92. The molecule has 0 unspecified atom stereocenters. The van der Waals surface area contributed by atoms with Crippen molar-refractivity contribution in [3.63, 3.8) is 0 Å². The van der Waals surface area contributed by atoms with Crippen LogP contribution >= 0.6 is 11.8 Å². The molecule has 6 nitrogen and oxygen atoms in total. The highest BCUT2D eigenvalue weighted by molar-refractivity contribution is 8.13. The van der Waals surface area contributed by atoms with Crippen molar-refractivity contribution in [2.24, 2.45) is 15.2 Å². The van der Waals surface area contributed by atoms with Crippen LogP contribution in [0.4, 0.5) is 0 Å². The molecular formula is C16H19N3O3S. The van der Waals surface area contributed by atoms with E-state index in [1.54, 1.807) is 24.3 Å². The summed E-state index contributed by atoms with van der Waals surface area (Å²) in [7, 11) is 0. The fourth-order valence-corrected chi connectivity index (χ4v) is 2.01. The van der Waals surface area contributed by atoms with Gasteiger partial charge in [0.05, 0.1) is 11.8 Å². The van der Waals surface area contributed by atoms with Crippen molar-refractivity contribution in [3.05, 3.63) is 41.2 Å². The maximum atomic E-state index is 11.4. The highest BCUT2D eigenvalue weighted by Crippen LogP contribution is 2.13. The minimum absolute atomic E-state index is 0.0974. The molecule has 23 heavy (non-hydrogen) atoms. The Hall–Kier alpha value is -2.41. The van der Waals surface area contributed by atoms with Gasteiger partial charge in [-0.1, -0.05) is 30.8 Å². The first-order chi connectivity index (χ1) is 11.0. The summed E-state index contributed by atoms with van der Waals surface area (Å²) >= 11 is 1.34. The van der Waals surface area contributed by atoms with Gasteiger partial charge in [-0.2, -0.15) is 5.10 Å². The van der Waals surface area contributed by atoms with E-state index in [2.05, 4.69) is 15.2 Å². The van der Waals surface area contributed by atoms with Gasteiger partial charge in [0.2, 0.25) is 5.17 Å². The van der Waals surface area contributed by atoms with Crippen LogP contribution in [0.3, 0.4) is 0 Å². The Morgan fingerprint density at radius 2 is 2.00 bits per heavy atom. The number of aliphatic hydroxyl groups is 1. The molecule has 1 aromatic rings. The van der Waals surface area contributed by atoms with Gasteiger partial charge in [0.25, 0.3) is 0 Å². The van der Waals surface area contributed by atoms with Crippen molar-refractivity contribution >= 4 is 35.1 Å². The molecule has 1 rings (SSSR count). The first kappa shape index (κ1) is 18.6. The van der Waals surface area contributed by atoms with Crippen LogP contribution in [0, 0.1) is 0 Å². The number of phenols is 1. The Kier molecular flexibility index (Phi) is 7.76. The molecule has 0 heterocycles. The quantitative estimate of drug-likeness (QED) is 0.284. The number of phenolic OH excluding ortho intramolecular Hbond substituents is 1. The van der Waals surface area contributed by atoms with Gasteiger partial charge in [-0.3, -0.25) is 4.79 Å². The summed E-state index contributed by atoms with van der Waals surface area (Å²) in [4.78, 5) is 15.5. The lowest BCUT2D eigenvalue weighted by Gasteiger charge is -1.99. The van der Waals surface area contributed by atoms with Gasteiger partial charge in [-0.05, 0) is 31.7 Å². The summed E-state index contributed by atoms with van der Waals surface area (Å²) in [5.41, 5.74) is 0.663. The number of aliphatic hydroxyl groups excluding tert-OH is 1. The number of hydrogen-bond acceptors (Lipinski definition) is 6. The molecule has 0 fully saturated rings. The van der Waals surface area contributed by atoms with Crippen LogP contribution in [0.15, 0.2) is 50.8 Å². The molecule has 0 amide bonds. The third-order valence-corrected chi connectivity index (χ3v) is 3.36. The number of hydrogen-bond donors (Lipinski definition) is 2. The van der Waals surface area contributed by atoms with Crippen LogP contribution in [-0.4, -0.2) is 39.3 Å². The molecule has 0 saturated heterocycles. The van der Waals surface area contributed by atoms with Crippen LogP contribution in [0.1, 0.15) is 26.3 Å². The standard InChI is InChI=1S/C16H19N3O3S/c1-4-23-16(17-10-14(11(2)20)12(3)21)19-18-9-13-7-5-6-8-15(13)22/h5-10,20,22H,4H2,1-3H3. The number of carbonyl (C=O) groups excluding carboxylic acids is 1. The molecule has 0 radical (unpaired) electrons. The second-order valence-electron chi connectivity index (χ2n) is 4.43. The SMILES string of the molecule is CCSC(N=CC(C(C)=O)=C(C)O)=NN=Cc1ccccc1O. The van der Waals surface area contributed by atoms with Gasteiger partial charge in [-0.15, -0.1) is 5.10 Å². The van der Waals surface area contributed by atoms with Crippen molar-refractivity contribution < 1.29 is 15.0 Å². The largest absolute Gasteiger partial charge is 0.512 e. The third kappa shape index (κ3) is 6.48. The van der Waals surface area contributed by atoms with Gasteiger partial charge in [-0.25, -0.2) is 4.99 Å². The number of carbonyl (C=O) groups is 1. The zero-order valence-electron chi connectivity index (χ0n) is 13.2. The van der Waals surface area contributed by atoms with Gasteiger partial charge in [0.15, 0.2) is 5.78 Å². The Morgan fingerprint density at radius 3 is 2.57 bits per heavy atom. The predicted octanol–water partition coefficient (Wildman–Crippen LogP) is 3.33. The molecule has 0 spiro atoms. The molecule has 0 aliphatic carbocycles. The fraction of sp³-hybridized carbons (Fsp3) is 0.250. The van der Waals surface area contributed by atoms with Gasteiger partial charge >= 0.3 is 0 Å². The van der Waals surface area contributed by atoms with Crippen LogP contribution in [0.5, 0.6) is 5.75 Å². The summed E-state index contributed by atoms with van der Waals surface area (Å²) in [6, 6.07) is 6.75. The Balaban J connectivity index is 2.96. The second-order valence-corrected chi connectivity index (χ2v) is 5.66. The molecule has 2 N–H and O–H groups in total. The average Bonchev–Trinajstić information content (AvgIpc) is 2.48. The van der Waals surface area contributed by atoms with Gasteiger partial charge in [0.1, 0.15) is 11.5 Å². The number of Topliss-reactive ketones (excluding diaryl/α,β-unsaturated/α-hetero) is 1. The van der Waals surface area contributed by atoms with E-state index >= 15 is 0 Å². The molecule has 0 aliphatic heterocycles. The fourth-order valence-electron chi connectivity index (χ4n) is 1.52. The molecule has 0 aliphatic rings. The predicted molar refractivity (Wildman–Crippen MR) is 95.8 cm³/mol. The maximum absolute atomic E-state index is 11.4. The van der Waals surface area contributed by atoms with Crippen LogP contribution < -0.4 is 0 Å². The number of nitrogens with zero attached hydrogens (tertiary/aromatic N) is 3. The summed E-state index contributed by atoms with van der Waals surface area (Å²) in [6.45, 7) is 4.70. The van der Waals surface area contributed by atoms with Crippen molar-refractivity contribution in [1.29, 1.82) is 0 Å². The Morgan fingerprint density at radius 1 is 1.30 bits per heavy atom. The van der Waals surface area contributed by atoms with Gasteiger partial charge in [0, 0.05) is 11.8 Å². The summed E-state index contributed by atoms with van der Waals surface area (Å²) < 4.78 is 0. The minimum atomic E-state index is -0.285. The lowest BCUT2D eigenvalue weighted by atomic mass is 10.2. The number of para-hydroxylation sites is 1. The molecule has 0 aromatic heterocycles. The van der Waals surface area contributed by atoms with E-state index in [0.717, 1.165) is 5.75 Å². The maximum Gasteiger partial charge on any atom is 0.208 e. The van der Waals surface area contributed by atoms with Crippen molar-refractivity contribution in [2.45, 2.75) is 20.8 Å². The van der Waals surface area contributed by atoms with Crippen molar-refractivity contribution in [2.75, 3.05) is 5.75 Å². The van der Waals surface area contributed by atoms with E-state index in [-0.39, 0.29) is 22.9 Å². The van der Waals surface area contributed by atoms with E-state index in [0.29, 0.717) is 10.7 Å². The minimum Gasteiger partial charge on any atom is -0.512 e. The molecular weight excluding hydrogens is 314 g/mol. The van der Waals surface area contributed by atoms with E-state index < -0.39 is 0 Å². The van der Waals surface area contributed by atoms with Crippen LogP contribution in [0.2, 0.25) is 0 Å². The molecule has 1 aromatic carbocycles. The summed E-state index contributed by atoms with van der Waals surface area (Å²) in [5, 5.41) is 27.3. The van der Waals surface area contributed by atoms with E-state index in [1.807, 2.05) is 6.92 Å².